The first-order valence-electron chi connectivity index (χ1n) is 4.88. The van der Waals surface area contributed by atoms with Gasteiger partial charge in [-0.1, -0.05) is 0 Å². The molecule has 0 rings (SSSR count). The Balaban J connectivity index is 3.70. The quantitative estimate of drug-likeness (QED) is 0.285. The molecule has 0 radical (unpaired) electrons. The van der Waals surface area contributed by atoms with Crippen molar-refractivity contribution in [2.45, 2.75) is 26.7 Å². The third-order valence-electron chi connectivity index (χ3n) is 1.73. The second kappa shape index (κ2) is 7.84. The lowest BCUT2D eigenvalue weighted by Gasteiger charge is -2.13. The third-order valence-corrected chi connectivity index (χ3v) is 1.73. The molecular weight excluding hydrogens is 202 g/mol. The van der Waals surface area contributed by atoms with Crippen LogP contribution in [0.3, 0.4) is 0 Å². The summed E-state index contributed by atoms with van der Waals surface area (Å²) in [5, 5.41) is 24.2. The topological polar surface area (TPSA) is 88.2 Å². The van der Waals surface area contributed by atoms with Crippen molar-refractivity contribution in [2.75, 3.05) is 19.7 Å². The summed E-state index contributed by atoms with van der Waals surface area (Å²) in [6.07, 6.45) is 0.352. The predicted molar refractivity (Wildman–Crippen MR) is 51.8 cm³/mol. The van der Waals surface area contributed by atoms with Gasteiger partial charge < -0.3 is 15.2 Å². The normalized spacial score (nSPS) is 11.2. The van der Waals surface area contributed by atoms with Crippen LogP contribution in [0.2, 0.25) is 0 Å². The molecule has 0 fully saturated rings. The molecule has 0 saturated heterocycles. The fraction of sp³-hybridized carbons (Fsp3) is 0.875. The maximum Gasteiger partial charge on any atom is 0.303 e. The van der Waals surface area contributed by atoms with Crippen LogP contribution in [0.15, 0.2) is 5.28 Å². The van der Waals surface area contributed by atoms with Gasteiger partial charge in [0.2, 0.25) is 5.28 Å². The number of nitrogens with zero attached hydrogens (tertiary/aromatic N) is 3. The molecule has 0 spiro atoms. The lowest BCUT2D eigenvalue weighted by Crippen LogP contribution is -2.30. The van der Waals surface area contributed by atoms with Gasteiger partial charge in [0.15, 0.2) is 0 Å². The van der Waals surface area contributed by atoms with Gasteiger partial charge in [0.1, 0.15) is 6.61 Å². The van der Waals surface area contributed by atoms with Gasteiger partial charge in [-0.2, -0.15) is 0 Å². The molecule has 0 atom stereocenters. The first-order chi connectivity index (χ1) is 7.11. The molecule has 7 heteroatoms. The summed E-state index contributed by atoms with van der Waals surface area (Å²) in [4.78, 5) is 15.2. The molecule has 15 heavy (non-hydrogen) atoms. The van der Waals surface area contributed by atoms with Gasteiger partial charge in [0, 0.05) is 6.42 Å². The van der Waals surface area contributed by atoms with Gasteiger partial charge in [-0.25, -0.2) is 0 Å². The molecule has 0 aliphatic rings. The zero-order valence-corrected chi connectivity index (χ0v) is 9.05. The summed E-state index contributed by atoms with van der Waals surface area (Å²) in [5.74, 6) is -0.888. The van der Waals surface area contributed by atoms with Crippen molar-refractivity contribution in [2.24, 2.45) is 5.28 Å². The average Bonchev–Trinajstić information content (AvgIpc) is 2.18. The molecule has 0 heterocycles. The fourth-order valence-corrected chi connectivity index (χ4v) is 0.895. The van der Waals surface area contributed by atoms with Crippen LogP contribution in [0.25, 0.3) is 0 Å². The minimum absolute atomic E-state index is 0.0135. The highest BCUT2D eigenvalue weighted by Crippen LogP contribution is 1.93. The second-order valence-corrected chi connectivity index (χ2v) is 2.80. The number of carboxylic acids is 1. The van der Waals surface area contributed by atoms with Gasteiger partial charge in [0.05, 0.1) is 18.1 Å². The van der Waals surface area contributed by atoms with Crippen molar-refractivity contribution in [1.29, 1.82) is 0 Å². The summed E-state index contributed by atoms with van der Waals surface area (Å²) in [6.45, 7) is 4.87. The van der Waals surface area contributed by atoms with E-state index in [-0.39, 0.29) is 13.0 Å². The van der Waals surface area contributed by atoms with Crippen LogP contribution in [0, 0.1) is 5.21 Å². The Kier molecular flexibility index (Phi) is 7.04. The molecule has 0 aromatic heterocycles. The monoisotopic (exact) mass is 219 g/mol. The minimum Gasteiger partial charge on any atom is -0.569 e. The van der Waals surface area contributed by atoms with E-state index in [1.165, 1.54) is 5.01 Å². The fourth-order valence-electron chi connectivity index (χ4n) is 0.895. The van der Waals surface area contributed by atoms with E-state index in [1.807, 2.05) is 13.8 Å². The van der Waals surface area contributed by atoms with Crippen LogP contribution in [-0.4, -0.2) is 40.8 Å². The number of hydrogen-bond acceptors (Lipinski definition) is 4. The van der Waals surface area contributed by atoms with Crippen LogP contribution in [0.1, 0.15) is 26.7 Å². The van der Waals surface area contributed by atoms with Crippen molar-refractivity contribution < 1.29 is 19.7 Å². The van der Waals surface area contributed by atoms with Crippen molar-refractivity contribution in [1.82, 2.24) is 5.01 Å². The molecule has 0 unspecified atom stereocenters. The smallest absolute Gasteiger partial charge is 0.303 e. The second-order valence-electron chi connectivity index (χ2n) is 2.80. The molecule has 1 N–H and O–H groups in total. The molecule has 0 aromatic rings. The first-order valence-corrected chi connectivity index (χ1v) is 4.88. The number of hydrazine groups is 1. The summed E-state index contributed by atoms with van der Waals surface area (Å²) in [7, 11) is 0. The van der Waals surface area contributed by atoms with Gasteiger partial charge in [-0.3, -0.25) is 4.79 Å². The molecule has 0 aliphatic carbocycles. The highest BCUT2D eigenvalue weighted by molar-refractivity contribution is 5.66. The largest absolute Gasteiger partial charge is 0.569 e. The predicted octanol–water partition coefficient (Wildman–Crippen LogP) is 1.00. The number of aliphatic carboxylic acids is 1. The van der Waals surface area contributed by atoms with Gasteiger partial charge in [0.25, 0.3) is 0 Å². The Labute approximate surface area is 88.5 Å². The number of rotatable bonds is 8. The van der Waals surface area contributed by atoms with Crippen molar-refractivity contribution in [3.8, 4) is 0 Å². The Morgan fingerprint density at radius 2 is 2.13 bits per heavy atom. The van der Waals surface area contributed by atoms with Crippen LogP contribution in [0.5, 0.6) is 0 Å². The van der Waals surface area contributed by atoms with E-state index >= 15 is 0 Å². The number of carboxylic acid groups (broad SMARTS) is 1. The Bertz CT molecular complexity index is 216. The van der Waals surface area contributed by atoms with E-state index in [2.05, 4.69) is 10.1 Å². The average molecular weight is 219 g/mol. The summed E-state index contributed by atoms with van der Waals surface area (Å²) in [6, 6.07) is 0. The van der Waals surface area contributed by atoms with Gasteiger partial charge in [-0.15, -0.1) is 5.01 Å². The summed E-state index contributed by atoms with van der Waals surface area (Å²) >= 11 is 0. The SMILES string of the molecule is CCN(CC)/[N+]([O-])=N/OCCCC(=O)O. The molecule has 0 aliphatic heterocycles. The van der Waals surface area contributed by atoms with E-state index in [4.69, 9.17) is 5.11 Å². The number of hydrogen-bond donors (Lipinski definition) is 1. The zero-order chi connectivity index (χ0) is 11.7. The first kappa shape index (κ1) is 13.5. The maximum absolute atomic E-state index is 11.1. The number of carbonyl (C=O) groups is 1. The Hall–Kier alpha value is -1.53. The van der Waals surface area contributed by atoms with E-state index in [1.54, 1.807) is 0 Å². The standard InChI is InChI=1S/C8H17N3O4/c1-3-10(4-2)11(14)9-15-7-5-6-8(12)13/h3-7H2,1-2H3,(H,12,13)/b11-9-. The van der Waals surface area contributed by atoms with E-state index in [0.29, 0.717) is 24.5 Å². The van der Waals surface area contributed by atoms with Gasteiger partial charge >= 0.3 is 5.97 Å². The highest BCUT2D eigenvalue weighted by atomic mass is 16.7. The maximum atomic E-state index is 11.1. The molecule has 0 amide bonds. The van der Waals surface area contributed by atoms with Crippen molar-refractivity contribution >= 4 is 5.97 Å². The minimum atomic E-state index is -0.888. The highest BCUT2D eigenvalue weighted by Gasteiger charge is 2.06. The summed E-state index contributed by atoms with van der Waals surface area (Å²) < 4.78 is 0. The van der Waals surface area contributed by atoms with Crippen molar-refractivity contribution in [3.05, 3.63) is 5.21 Å². The van der Waals surface area contributed by atoms with E-state index in [9.17, 15) is 10.0 Å². The molecule has 0 aromatic carbocycles. The molecular formula is C8H17N3O4. The molecule has 0 bridgehead atoms. The van der Waals surface area contributed by atoms with Crippen LogP contribution in [0.4, 0.5) is 0 Å². The molecule has 88 valence electrons. The third kappa shape index (κ3) is 6.53. The lowest BCUT2D eigenvalue weighted by molar-refractivity contribution is -0.710. The van der Waals surface area contributed by atoms with E-state index in [0.717, 1.165) is 0 Å². The van der Waals surface area contributed by atoms with Crippen LogP contribution >= 0.6 is 0 Å². The molecule has 0 saturated carbocycles. The van der Waals surface area contributed by atoms with Gasteiger partial charge in [-0.05, 0) is 20.3 Å². The van der Waals surface area contributed by atoms with E-state index < -0.39 is 5.97 Å². The zero-order valence-electron chi connectivity index (χ0n) is 9.05. The van der Waals surface area contributed by atoms with Crippen LogP contribution < -0.4 is 0 Å². The summed E-state index contributed by atoms with van der Waals surface area (Å²) in [5.41, 5.74) is 0. The van der Waals surface area contributed by atoms with Crippen molar-refractivity contribution in [3.63, 3.8) is 0 Å². The lowest BCUT2D eigenvalue weighted by atomic mass is 10.3. The Morgan fingerprint density at radius 1 is 1.53 bits per heavy atom. The van der Waals surface area contributed by atoms with Crippen LogP contribution in [-0.2, 0) is 9.63 Å². The molecule has 7 nitrogen and oxygen atoms in total. The Morgan fingerprint density at radius 3 is 2.60 bits per heavy atom.